The number of hydrogen-bond donors (Lipinski definition) is 3. The Labute approximate surface area is 283 Å². The first-order chi connectivity index (χ1) is 23.6. The van der Waals surface area contributed by atoms with Gasteiger partial charge in [0.05, 0.1) is 106 Å². The first-order valence-corrected chi connectivity index (χ1v) is 16.3. The molecule has 16 nitrogen and oxygen atoms in total. The van der Waals surface area contributed by atoms with Crippen LogP contribution in [-0.4, -0.2) is 149 Å². The number of alkyl carbamates (subject to hydrolysis) is 1. The third-order valence-electron chi connectivity index (χ3n) is 6.10. The van der Waals surface area contributed by atoms with Gasteiger partial charge >= 0.3 is 12.1 Å². The number of hydroxylamine groups is 1. The molecule has 0 bridgehead atoms. The standard InChI is InChI=1S/C32H56N2O14/c1-38-11-12-39-13-14-40-15-16-41-17-18-42-19-20-43-21-22-44-23-24-45-25-26-46-28-48-33-10-6-5-9-30(31(35)36)34-32(37)47-27-29-7-3-2-4-8-29/h2-4,7-8,30,33H,5-6,9-28H2,1H3,(H,34,37)(H,35,36)/t30-/m0/s1. The molecule has 48 heavy (non-hydrogen) atoms. The molecule has 1 rings (SSSR count). The molecule has 278 valence electrons. The van der Waals surface area contributed by atoms with Crippen molar-refractivity contribution in [1.29, 1.82) is 0 Å². The highest BCUT2D eigenvalue weighted by molar-refractivity contribution is 5.79. The SMILES string of the molecule is COCCOCCOCCOCCOCCOCCOCCOCCOCONCCCC[C@H](NC(=O)OCc1ccccc1)C(=O)O. The Balaban J connectivity index is 1.75. The molecule has 0 aromatic heterocycles. The van der Waals surface area contributed by atoms with Crippen molar-refractivity contribution in [1.82, 2.24) is 10.8 Å². The molecule has 3 N–H and O–H groups in total. The maximum Gasteiger partial charge on any atom is 0.408 e. The lowest BCUT2D eigenvalue weighted by Crippen LogP contribution is -2.41. The average Bonchev–Trinajstić information content (AvgIpc) is 3.09. The van der Waals surface area contributed by atoms with E-state index in [0.717, 1.165) is 5.56 Å². The van der Waals surface area contributed by atoms with Crippen LogP contribution in [0.2, 0.25) is 0 Å². The molecule has 16 heteroatoms. The molecule has 0 heterocycles. The van der Waals surface area contributed by atoms with E-state index >= 15 is 0 Å². The number of carboxylic acids is 1. The molecule has 0 aliphatic heterocycles. The minimum absolute atomic E-state index is 0.0436. The topological polar surface area (TPSA) is 180 Å². The van der Waals surface area contributed by atoms with Crippen LogP contribution in [0, 0.1) is 0 Å². The highest BCUT2D eigenvalue weighted by Gasteiger charge is 2.20. The van der Waals surface area contributed by atoms with Gasteiger partial charge in [0.1, 0.15) is 12.6 Å². The minimum Gasteiger partial charge on any atom is -0.480 e. The number of hydrogen-bond acceptors (Lipinski definition) is 14. The minimum atomic E-state index is -1.11. The van der Waals surface area contributed by atoms with E-state index in [1.165, 1.54) is 0 Å². The number of unbranched alkanes of at least 4 members (excludes halogenated alkanes) is 1. The third-order valence-corrected chi connectivity index (χ3v) is 6.10. The third kappa shape index (κ3) is 29.6. The predicted octanol–water partition coefficient (Wildman–Crippen LogP) is 1.79. The van der Waals surface area contributed by atoms with Crippen LogP contribution in [0.25, 0.3) is 0 Å². The molecule has 0 saturated heterocycles. The highest BCUT2D eigenvalue weighted by Crippen LogP contribution is 2.04. The van der Waals surface area contributed by atoms with Gasteiger partial charge in [-0.05, 0) is 24.8 Å². The molecule has 0 aliphatic carbocycles. The summed E-state index contributed by atoms with van der Waals surface area (Å²) in [7, 11) is 1.64. The van der Waals surface area contributed by atoms with Crippen molar-refractivity contribution in [3.05, 3.63) is 35.9 Å². The van der Waals surface area contributed by atoms with Crippen LogP contribution >= 0.6 is 0 Å². The summed E-state index contributed by atoms with van der Waals surface area (Å²) in [5, 5.41) is 11.7. The zero-order valence-electron chi connectivity index (χ0n) is 28.3. The van der Waals surface area contributed by atoms with Crippen molar-refractivity contribution in [2.24, 2.45) is 0 Å². The van der Waals surface area contributed by atoms with Gasteiger partial charge in [0.25, 0.3) is 0 Å². The van der Waals surface area contributed by atoms with Crippen molar-refractivity contribution < 1.29 is 66.9 Å². The van der Waals surface area contributed by atoms with Crippen LogP contribution in [0.4, 0.5) is 4.79 Å². The Morgan fingerprint density at radius 3 is 1.56 bits per heavy atom. The molecule has 0 aliphatic rings. The van der Waals surface area contributed by atoms with Crippen LogP contribution in [-0.2, 0) is 63.6 Å². The summed E-state index contributed by atoms with van der Waals surface area (Å²) in [6, 6.07) is 8.12. The zero-order chi connectivity index (χ0) is 34.6. The molecular formula is C32H56N2O14. The number of benzene rings is 1. The summed E-state index contributed by atoms with van der Waals surface area (Å²) in [5.41, 5.74) is 3.57. The number of aliphatic carboxylic acids is 1. The lowest BCUT2D eigenvalue weighted by molar-refractivity contribution is -0.139. The molecular weight excluding hydrogens is 636 g/mol. The second kappa shape index (κ2) is 34.4. The molecule has 0 spiro atoms. The summed E-state index contributed by atoms with van der Waals surface area (Å²) in [4.78, 5) is 28.6. The molecule has 1 atom stereocenters. The maximum absolute atomic E-state index is 11.9. The average molecular weight is 693 g/mol. The van der Waals surface area contributed by atoms with E-state index < -0.39 is 18.1 Å². The first-order valence-electron chi connectivity index (χ1n) is 16.3. The second-order valence-electron chi connectivity index (χ2n) is 9.94. The molecule has 1 aromatic carbocycles. The second-order valence-corrected chi connectivity index (χ2v) is 9.94. The lowest BCUT2D eigenvalue weighted by Gasteiger charge is -2.14. The van der Waals surface area contributed by atoms with Gasteiger partial charge in [-0.25, -0.2) is 9.59 Å². The Morgan fingerprint density at radius 1 is 0.646 bits per heavy atom. The number of rotatable bonds is 36. The normalized spacial score (nSPS) is 11.9. The largest absolute Gasteiger partial charge is 0.480 e. The Morgan fingerprint density at radius 2 is 1.10 bits per heavy atom. The molecule has 0 saturated carbocycles. The fraction of sp³-hybridized carbons (Fsp3) is 0.750. The first kappa shape index (κ1) is 43.5. The van der Waals surface area contributed by atoms with Crippen molar-refractivity contribution in [2.75, 3.05) is 126 Å². The number of nitrogens with one attached hydrogen (secondary N) is 2. The summed E-state index contributed by atoms with van der Waals surface area (Å²) in [6.07, 6.45) is 0.704. The number of carbonyl (C=O) groups is 2. The Bertz CT molecular complexity index is 855. The van der Waals surface area contributed by atoms with Crippen LogP contribution < -0.4 is 10.8 Å². The number of methoxy groups -OCH3 is 1. The van der Waals surface area contributed by atoms with Gasteiger partial charge in [-0.1, -0.05) is 30.3 Å². The molecule has 1 amide bonds. The van der Waals surface area contributed by atoms with Crippen molar-refractivity contribution in [3.63, 3.8) is 0 Å². The smallest absolute Gasteiger partial charge is 0.408 e. The number of carbonyl (C=O) groups excluding carboxylic acids is 1. The van der Waals surface area contributed by atoms with E-state index in [-0.39, 0.29) is 19.8 Å². The zero-order valence-corrected chi connectivity index (χ0v) is 28.3. The number of carboxylic acid groups (broad SMARTS) is 1. The summed E-state index contributed by atoms with van der Waals surface area (Å²) < 4.78 is 53.2. The van der Waals surface area contributed by atoms with E-state index in [1.807, 2.05) is 30.3 Å². The van der Waals surface area contributed by atoms with Crippen molar-refractivity contribution in [2.45, 2.75) is 31.9 Å². The van der Waals surface area contributed by atoms with Gasteiger partial charge < -0.3 is 57.8 Å². The Kier molecular flexibility index (Phi) is 31.2. The van der Waals surface area contributed by atoms with Crippen LogP contribution in [0.1, 0.15) is 24.8 Å². The molecule has 0 radical (unpaired) electrons. The van der Waals surface area contributed by atoms with E-state index in [9.17, 15) is 14.7 Å². The van der Waals surface area contributed by atoms with Gasteiger partial charge in [-0.2, -0.15) is 5.48 Å². The summed E-state index contributed by atoms with van der Waals surface area (Å²) in [5.74, 6) is -1.11. The van der Waals surface area contributed by atoms with Gasteiger partial charge in [0.2, 0.25) is 0 Å². The van der Waals surface area contributed by atoms with E-state index in [2.05, 4.69) is 10.8 Å². The summed E-state index contributed by atoms with van der Waals surface area (Å²) in [6.45, 7) is 8.44. The van der Waals surface area contributed by atoms with Crippen LogP contribution in [0.3, 0.4) is 0 Å². The van der Waals surface area contributed by atoms with Gasteiger partial charge in [0, 0.05) is 13.7 Å². The Hall–Kier alpha value is -2.48. The monoisotopic (exact) mass is 692 g/mol. The quantitative estimate of drug-likeness (QED) is 0.0526. The predicted molar refractivity (Wildman–Crippen MR) is 173 cm³/mol. The number of ether oxygens (including phenoxy) is 10. The maximum atomic E-state index is 11.9. The lowest BCUT2D eigenvalue weighted by atomic mass is 10.1. The molecule has 0 unspecified atom stereocenters. The van der Waals surface area contributed by atoms with Crippen LogP contribution in [0.5, 0.6) is 0 Å². The molecule has 0 fully saturated rings. The van der Waals surface area contributed by atoms with E-state index in [0.29, 0.717) is 125 Å². The van der Waals surface area contributed by atoms with E-state index in [4.69, 9.17) is 52.2 Å². The van der Waals surface area contributed by atoms with Gasteiger partial charge in [0.15, 0.2) is 6.79 Å². The summed E-state index contributed by atoms with van der Waals surface area (Å²) >= 11 is 0. The van der Waals surface area contributed by atoms with E-state index in [1.54, 1.807) is 7.11 Å². The fourth-order valence-corrected chi connectivity index (χ4v) is 3.61. The highest BCUT2D eigenvalue weighted by atomic mass is 16.8. The van der Waals surface area contributed by atoms with Gasteiger partial charge in [-0.3, -0.25) is 4.84 Å². The van der Waals surface area contributed by atoms with Crippen LogP contribution in [0.15, 0.2) is 30.3 Å². The van der Waals surface area contributed by atoms with Crippen molar-refractivity contribution in [3.8, 4) is 0 Å². The number of amides is 1. The molecule has 1 aromatic rings. The van der Waals surface area contributed by atoms with Gasteiger partial charge in [-0.15, -0.1) is 0 Å². The fourth-order valence-electron chi connectivity index (χ4n) is 3.61. The van der Waals surface area contributed by atoms with Crippen molar-refractivity contribution >= 4 is 12.1 Å².